The predicted octanol–water partition coefficient (Wildman–Crippen LogP) is 2.28. The van der Waals surface area contributed by atoms with Crippen molar-refractivity contribution in [2.45, 2.75) is 25.4 Å². The molecule has 0 aromatic heterocycles. The van der Waals surface area contributed by atoms with Crippen LogP contribution in [0, 0.1) is 0 Å². The molecule has 0 spiro atoms. The van der Waals surface area contributed by atoms with Gasteiger partial charge in [-0.3, -0.25) is 0 Å². The molecule has 0 N–H and O–H groups in total. The van der Waals surface area contributed by atoms with Gasteiger partial charge in [0.15, 0.2) is 0 Å². The molecule has 0 aliphatic carbocycles. The molecular weight excluding hydrogens is 103 g/mol. The van der Waals surface area contributed by atoms with Crippen LogP contribution < -0.4 is 0 Å². The average Bonchev–Trinajstić information content (AvgIpc) is 1.91. The Labute approximate surface area is 47.1 Å². The first-order valence-corrected chi connectivity index (χ1v) is 5.05. The van der Waals surface area contributed by atoms with E-state index < -0.39 is 0 Å². The number of hydrogen-bond donors (Lipinski definition) is 0. The Balaban J connectivity index is 2.33. The molecule has 1 saturated heterocycles. The van der Waals surface area contributed by atoms with E-state index in [2.05, 4.69) is 13.6 Å². The van der Waals surface area contributed by atoms with Gasteiger partial charge >= 0.3 is 0 Å². The van der Waals surface area contributed by atoms with E-state index in [-0.39, 0.29) is 0 Å². The van der Waals surface area contributed by atoms with E-state index in [0.29, 0.717) is 7.92 Å². The maximum Gasteiger partial charge on any atom is -0.0240 e. The third kappa shape index (κ3) is 1.16. The van der Waals surface area contributed by atoms with E-state index in [1.165, 1.54) is 19.0 Å². The van der Waals surface area contributed by atoms with Crippen molar-refractivity contribution >= 4 is 7.92 Å². The normalized spacial score (nSPS) is 42.0. The molecule has 1 aliphatic rings. The number of rotatable bonds is 0. The molecule has 0 radical (unpaired) electrons. The summed E-state index contributed by atoms with van der Waals surface area (Å²) in [5.74, 6) is 0. The topological polar surface area (TPSA) is 0 Å². The molecule has 1 heterocycles. The molecule has 1 rings (SSSR count). The largest absolute Gasteiger partial charge is 0.107 e. The van der Waals surface area contributed by atoms with Crippen molar-refractivity contribution in [2.24, 2.45) is 0 Å². The monoisotopic (exact) mass is 116 g/mol. The fourth-order valence-corrected chi connectivity index (χ4v) is 2.82. The van der Waals surface area contributed by atoms with Crippen LogP contribution >= 0.6 is 7.92 Å². The molecule has 1 heteroatoms. The van der Waals surface area contributed by atoms with Crippen LogP contribution in [0.3, 0.4) is 0 Å². The van der Waals surface area contributed by atoms with Gasteiger partial charge in [0.2, 0.25) is 0 Å². The molecule has 0 nitrogen and oxygen atoms in total. The highest BCUT2D eigenvalue weighted by Gasteiger charge is 2.16. The fraction of sp³-hybridized carbons (Fsp3) is 1.00. The Morgan fingerprint density at radius 2 is 2.29 bits per heavy atom. The third-order valence-electron chi connectivity index (χ3n) is 1.89. The summed E-state index contributed by atoms with van der Waals surface area (Å²) in [6.45, 7) is 4.81. The average molecular weight is 116 g/mol. The maximum atomic E-state index is 2.42. The van der Waals surface area contributed by atoms with Gasteiger partial charge in [-0.2, -0.15) is 0 Å². The summed E-state index contributed by atoms with van der Waals surface area (Å²) in [5, 5.41) is 0. The van der Waals surface area contributed by atoms with Crippen LogP contribution in [0.15, 0.2) is 0 Å². The smallest absolute Gasteiger partial charge is 0.0240 e. The molecular formula is C6H13P. The van der Waals surface area contributed by atoms with Crippen LogP contribution in [0.4, 0.5) is 0 Å². The first-order valence-electron chi connectivity index (χ1n) is 3.01. The van der Waals surface area contributed by atoms with E-state index in [9.17, 15) is 0 Å². The van der Waals surface area contributed by atoms with Crippen molar-refractivity contribution < 1.29 is 0 Å². The van der Waals surface area contributed by atoms with E-state index >= 15 is 0 Å². The summed E-state index contributed by atoms with van der Waals surface area (Å²) in [4.78, 5) is 0. The maximum absolute atomic E-state index is 2.42. The molecule has 42 valence electrons. The first kappa shape index (κ1) is 5.56. The minimum absolute atomic E-state index is 0.474. The highest BCUT2D eigenvalue weighted by molar-refractivity contribution is 7.57. The van der Waals surface area contributed by atoms with E-state index in [4.69, 9.17) is 0 Å². The van der Waals surface area contributed by atoms with Gasteiger partial charge < -0.3 is 0 Å². The van der Waals surface area contributed by atoms with Gasteiger partial charge in [0.25, 0.3) is 0 Å². The first-order chi connectivity index (χ1) is 3.30. The van der Waals surface area contributed by atoms with Crippen LogP contribution in [0.1, 0.15) is 19.8 Å². The third-order valence-corrected chi connectivity index (χ3v) is 4.67. The molecule has 0 aromatic rings. The molecule has 1 fully saturated rings. The van der Waals surface area contributed by atoms with Gasteiger partial charge in [0.1, 0.15) is 0 Å². The Morgan fingerprint density at radius 1 is 1.57 bits per heavy atom. The van der Waals surface area contributed by atoms with E-state index in [1.54, 1.807) is 0 Å². The summed E-state index contributed by atoms with van der Waals surface area (Å²) < 4.78 is 0. The second-order valence-corrected chi connectivity index (χ2v) is 5.31. The molecule has 0 aromatic carbocycles. The van der Waals surface area contributed by atoms with Gasteiger partial charge in [0.05, 0.1) is 0 Å². The van der Waals surface area contributed by atoms with E-state index in [1.807, 2.05) is 0 Å². The minimum atomic E-state index is 0.474. The van der Waals surface area contributed by atoms with Crippen LogP contribution in [-0.2, 0) is 0 Å². The lowest BCUT2D eigenvalue weighted by Gasteiger charge is -2.06. The van der Waals surface area contributed by atoms with Crippen LogP contribution in [0.2, 0.25) is 0 Å². The Hall–Kier alpha value is 0.430. The van der Waals surface area contributed by atoms with Crippen molar-refractivity contribution in [3.8, 4) is 0 Å². The van der Waals surface area contributed by atoms with Crippen LogP contribution in [0.25, 0.3) is 0 Å². The second kappa shape index (κ2) is 2.13. The Bertz CT molecular complexity index is 53.2. The van der Waals surface area contributed by atoms with Gasteiger partial charge in [0, 0.05) is 0 Å². The van der Waals surface area contributed by atoms with Crippen molar-refractivity contribution in [3.05, 3.63) is 0 Å². The Kier molecular flexibility index (Phi) is 1.69. The van der Waals surface area contributed by atoms with Crippen LogP contribution in [-0.4, -0.2) is 18.5 Å². The number of hydrogen-bond acceptors (Lipinski definition) is 0. The van der Waals surface area contributed by atoms with Crippen molar-refractivity contribution in [3.63, 3.8) is 0 Å². The van der Waals surface area contributed by atoms with Crippen molar-refractivity contribution in [1.82, 2.24) is 0 Å². The lowest BCUT2D eigenvalue weighted by molar-refractivity contribution is 0.836. The van der Waals surface area contributed by atoms with E-state index in [0.717, 1.165) is 5.66 Å². The standard InChI is InChI=1S/C6H13P/c1-6-4-3-5-7(6)2/h6H,3-5H2,1-2H3/t6?,7-/m0/s1. The van der Waals surface area contributed by atoms with Gasteiger partial charge in [-0.1, -0.05) is 6.92 Å². The summed E-state index contributed by atoms with van der Waals surface area (Å²) >= 11 is 0. The fourth-order valence-electron chi connectivity index (χ4n) is 1.08. The zero-order valence-electron chi connectivity index (χ0n) is 5.15. The second-order valence-electron chi connectivity index (χ2n) is 2.47. The van der Waals surface area contributed by atoms with Crippen molar-refractivity contribution in [2.75, 3.05) is 12.8 Å². The molecule has 0 amide bonds. The predicted molar refractivity (Wildman–Crippen MR) is 36.4 cm³/mol. The van der Waals surface area contributed by atoms with Gasteiger partial charge in [-0.25, -0.2) is 0 Å². The lowest BCUT2D eigenvalue weighted by Crippen LogP contribution is -1.87. The van der Waals surface area contributed by atoms with Gasteiger partial charge in [-0.15, -0.1) is 7.92 Å². The summed E-state index contributed by atoms with van der Waals surface area (Å²) in [5.41, 5.74) is 1.08. The molecule has 0 bridgehead atoms. The lowest BCUT2D eigenvalue weighted by atomic mass is 10.3. The summed E-state index contributed by atoms with van der Waals surface area (Å²) in [6, 6.07) is 0. The highest BCUT2D eigenvalue weighted by atomic mass is 31.1. The molecule has 7 heavy (non-hydrogen) atoms. The molecule has 0 saturated carbocycles. The summed E-state index contributed by atoms with van der Waals surface area (Å²) in [6.07, 6.45) is 4.54. The quantitative estimate of drug-likeness (QED) is 0.426. The van der Waals surface area contributed by atoms with Crippen molar-refractivity contribution in [1.29, 1.82) is 0 Å². The van der Waals surface area contributed by atoms with Gasteiger partial charge in [-0.05, 0) is 31.3 Å². The zero-order chi connectivity index (χ0) is 5.28. The highest BCUT2D eigenvalue weighted by Crippen LogP contribution is 2.45. The van der Waals surface area contributed by atoms with Crippen LogP contribution in [0.5, 0.6) is 0 Å². The minimum Gasteiger partial charge on any atom is -0.107 e. The molecule has 2 atom stereocenters. The molecule has 1 aliphatic heterocycles. The Morgan fingerprint density at radius 3 is 2.43 bits per heavy atom. The SMILES string of the molecule is CC1CCC[P@]1C. The zero-order valence-corrected chi connectivity index (χ0v) is 6.04. The molecule has 1 unspecified atom stereocenters. The summed E-state index contributed by atoms with van der Waals surface area (Å²) in [7, 11) is 0.474.